The normalized spacial score (nSPS) is 13.5. The molecular weight excluding hydrogens is 182 g/mol. The molecule has 7 heteroatoms. The van der Waals surface area contributed by atoms with E-state index < -0.39 is 22.0 Å². The van der Waals surface area contributed by atoms with E-state index in [0.717, 1.165) is 0 Å². The number of halogens is 2. The predicted octanol–water partition coefficient (Wildman–Crippen LogP) is 0.504. The van der Waals surface area contributed by atoms with Crippen LogP contribution in [0.1, 0.15) is 6.92 Å². The molecule has 0 fully saturated rings. The quantitative estimate of drug-likeness (QED) is 0.656. The highest BCUT2D eigenvalue weighted by atomic mass is 32.2. The Labute approximate surface area is 62.9 Å². The molecule has 0 amide bonds. The zero-order chi connectivity index (χ0) is 9.12. The van der Waals surface area contributed by atoms with Gasteiger partial charge in [0.25, 0.3) is 10.1 Å². The van der Waals surface area contributed by atoms with Gasteiger partial charge in [0.1, 0.15) is 0 Å². The Kier molecular flexibility index (Phi) is 3.33. The third-order valence-electron chi connectivity index (χ3n) is 0.706. The molecule has 0 aliphatic heterocycles. The van der Waals surface area contributed by atoms with Gasteiger partial charge < -0.3 is 4.74 Å². The van der Waals surface area contributed by atoms with Gasteiger partial charge in [0, 0.05) is 0 Å². The van der Waals surface area contributed by atoms with Crippen molar-refractivity contribution in [3.05, 3.63) is 0 Å². The summed E-state index contributed by atoms with van der Waals surface area (Å²) in [6, 6.07) is 0. The minimum atomic E-state index is -4.68. The molecule has 0 radical (unpaired) electrons. The number of hydrogen-bond donors (Lipinski definition) is 1. The van der Waals surface area contributed by atoms with E-state index in [4.69, 9.17) is 4.55 Å². The number of rotatable bonds is 4. The molecule has 4 nitrogen and oxygen atoms in total. The van der Waals surface area contributed by atoms with E-state index in [1.807, 2.05) is 0 Å². The second-order valence-electron chi connectivity index (χ2n) is 1.80. The summed E-state index contributed by atoms with van der Waals surface area (Å²) in [5, 5.41) is 0. The molecule has 0 unspecified atom stereocenters. The van der Waals surface area contributed by atoms with Gasteiger partial charge in [-0.05, 0) is 6.92 Å². The summed E-state index contributed by atoms with van der Waals surface area (Å²) in [5.74, 6) is -1.70. The minimum Gasteiger partial charge on any atom is -0.320 e. The summed E-state index contributed by atoms with van der Waals surface area (Å²) in [7, 11) is -4.68. The molecule has 0 aromatic heterocycles. The topological polar surface area (TPSA) is 63.6 Å². The fourth-order valence-corrected chi connectivity index (χ4v) is 0.973. The predicted molar refractivity (Wildman–Crippen MR) is 33.0 cm³/mol. The summed E-state index contributed by atoms with van der Waals surface area (Å²) in [6.45, 7) is 0.973. The van der Waals surface area contributed by atoms with Crippen molar-refractivity contribution in [3.8, 4) is 0 Å². The van der Waals surface area contributed by atoms with Crippen LogP contribution in [-0.4, -0.2) is 31.4 Å². The van der Waals surface area contributed by atoms with Gasteiger partial charge >= 0.3 is 6.11 Å². The summed E-state index contributed by atoms with van der Waals surface area (Å²) in [4.78, 5) is 0. The zero-order valence-electron chi connectivity index (χ0n) is 5.75. The first-order chi connectivity index (χ1) is 4.77. The van der Waals surface area contributed by atoms with Crippen molar-refractivity contribution < 1.29 is 26.5 Å². The standard InChI is InChI=1S/C4H8F2O4S/c1-2-10-4(5,6)3-11(7,8)9/h2-3H2,1H3,(H,7,8,9). The van der Waals surface area contributed by atoms with E-state index in [0.29, 0.717) is 0 Å². The van der Waals surface area contributed by atoms with Gasteiger partial charge in [-0.3, -0.25) is 4.55 Å². The second-order valence-corrected chi connectivity index (χ2v) is 3.25. The molecule has 0 spiro atoms. The van der Waals surface area contributed by atoms with Crippen molar-refractivity contribution in [2.24, 2.45) is 0 Å². The van der Waals surface area contributed by atoms with Crippen molar-refractivity contribution in [1.82, 2.24) is 0 Å². The van der Waals surface area contributed by atoms with E-state index in [2.05, 4.69) is 4.74 Å². The third kappa shape index (κ3) is 6.14. The lowest BCUT2D eigenvalue weighted by atomic mass is 10.7. The van der Waals surface area contributed by atoms with E-state index in [-0.39, 0.29) is 6.61 Å². The zero-order valence-corrected chi connectivity index (χ0v) is 6.57. The summed E-state index contributed by atoms with van der Waals surface area (Å²) < 4.78 is 55.9. The molecule has 1 N–H and O–H groups in total. The number of hydrogen-bond acceptors (Lipinski definition) is 3. The minimum absolute atomic E-state index is 0.317. The van der Waals surface area contributed by atoms with Gasteiger partial charge in [0.2, 0.25) is 0 Å². The first-order valence-corrected chi connectivity index (χ1v) is 4.35. The number of alkyl halides is 2. The van der Waals surface area contributed by atoms with Crippen LogP contribution in [-0.2, 0) is 14.9 Å². The average Bonchev–Trinajstić information content (AvgIpc) is 1.55. The Hall–Kier alpha value is -0.270. The molecule has 0 aliphatic carbocycles. The van der Waals surface area contributed by atoms with Crippen LogP contribution in [0.3, 0.4) is 0 Å². The SMILES string of the molecule is CCOC(F)(F)CS(=O)(=O)O. The number of ether oxygens (including phenoxy) is 1. The molecule has 0 aromatic rings. The molecule has 68 valence electrons. The Morgan fingerprint density at radius 3 is 2.27 bits per heavy atom. The fourth-order valence-electron chi connectivity index (χ4n) is 0.465. The molecule has 0 aliphatic rings. The van der Waals surface area contributed by atoms with E-state index >= 15 is 0 Å². The maximum atomic E-state index is 12.2. The van der Waals surface area contributed by atoms with Crippen LogP contribution in [0, 0.1) is 0 Å². The summed E-state index contributed by atoms with van der Waals surface area (Å²) >= 11 is 0. The molecular formula is C4H8F2O4S. The van der Waals surface area contributed by atoms with Crippen LogP contribution in [0.25, 0.3) is 0 Å². The molecule has 0 atom stereocenters. The summed E-state index contributed by atoms with van der Waals surface area (Å²) in [6.07, 6.45) is -3.80. The smallest absolute Gasteiger partial charge is 0.320 e. The Balaban J connectivity index is 4.13. The highest BCUT2D eigenvalue weighted by molar-refractivity contribution is 7.85. The van der Waals surface area contributed by atoms with Crippen molar-refractivity contribution in [2.75, 3.05) is 12.4 Å². The van der Waals surface area contributed by atoms with Gasteiger partial charge in [-0.15, -0.1) is 0 Å². The van der Waals surface area contributed by atoms with E-state index in [1.165, 1.54) is 6.92 Å². The Morgan fingerprint density at radius 1 is 1.55 bits per heavy atom. The van der Waals surface area contributed by atoms with Crippen molar-refractivity contribution in [3.63, 3.8) is 0 Å². The maximum Gasteiger partial charge on any atom is 0.372 e. The van der Waals surface area contributed by atoms with Crippen LogP contribution in [0.2, 0.25) is 0 Å². The fraction of sp³-hybridized carbons (Fsp3) is 1.00. The maximum absolute atomic E-state index is 12.2. The van der Waals surface area contributed by atoms with Crippen LogP contribution < -0.4 is 0 Å². The lowest BCUT2D eigenvalue weighted by molar-refractivity contribution is -0.218. The van der Waals surface area contributed by atoms with Crippen LogP contribution in [0.4, 0.5) is 8.78 Å². The third-order valence-corrected chi connectivity index (χ3v) is 1.41. The van der Waals surface area contributed by atoms with Gasteiger partial charge in [0.15, 0.2) is 5.75 Å². The molecule has 0 rings (SSSR count). The lowest BCUT2D eigenvalue weighted by Gasteiger charge is -2.12. The molecule has 0 saturated carbocycles. The van der Waals surface area contributed by atoms with E-state index in [9.17, 15) is 17.2 Å². The largest absolute Gasteiger partial charge is 0.372 e. The molecule has 0 heterocycles. The first kappa shape index (κ1) is 10.7. The van der Waals surface area contributed by atoms with Crippen LogP contribution in [0.15, 0.2) is 0 Å². The molecule has 0 bridgehead atoms. The Morgan fingerprint density at radius 2 is 2.00 bits per heavy atom. The van der Waals surface area contributed by atoms with Gasteiger partial charge in [-0.2, -0.15) is 17.2 Å². The molecule has 0 aromatic carbocycles. The Bertz CT molecular complexity index is 210. The van der Waals surface area contributed by atoms with E-state index in [1.54, 1.807) is 0 Å². The van der Waals surface area contributed by atoms with Crippen LogP contribution >= 0.6 is 0 Å². The van der Waals surface area contributed by atoms with Gasteiger partial charge in [-0.25, -0.2) is 0 Å². The van der Waals surface area contributed by atoms with Crippen molar-refractivity contribution >= 4 is 10.1 Å². The highest BCUT2D eigenvalue weighted by Gasteiger charge is 2.35. The average molecular weight is 190 g/mol. The first-order valence-electron chi connectivity index (χ1n) is 2.74. The monoisotopic (exact) mass is 190 g/mol. The van der Waals surface area contributed by atoms with Gasteiger partial charge in [0.05, 0.1) is 6.61 Å². The second kappa shape index (κ2) is 3.42. The molecule has 11 heavy (non-hydrogen) atoms. The molecule has 0 saturated heterocycles. The summed E-state index contributed by atoms with van der Waals surface area (Å²) in [5.41, 5.74) is 0. The van der Waals surface area contributed by atoms with Crippen molar-refractivity contribution in [2.45, 2.75) is 13.0 Å². The lowest BCUT2D eigenvalue weighted by Crippen LogP contribution is -2.30. The highest BCUT2D eigenvalue weighted by Crippen LogP contribution is 2.16. The van der Waals surface area contributed by atoms with Gasteiger partial charge in [-0.1, -0.05) is 0 Å². The van der Waals surface area contributed by atoms with Crippen molar-refractivity contribution in [1.29, 1.82) is 0 Å². The van der Waals surface area contributed by atoms with Crippen LogP contribution in [0.5, 0.6) is 0 Å².